The molecule has 2 N–H and O–H groups in total. The third-order valence-electron chi connectivity index (χ3n) is 2.34. The molecule has 0 spiro atoms. The fourth-order valence-corrected chi connectivity index (χ4v) is 1.70. The predicted molar refractivity (Wildman–Crippen MR) is 55.7 cm³/mol. The summed E-state index contributed by atoms with van der Waals surface area (Å²) in [6, 6.07) is 0. The Hall–Kier alpha value is -1.97. The summed E-state index contributed by atoms with van der Waals surface area (Å²) >= 11 is 0. The highest BCUT2D eigenvalue weighted by molar-refractivity contribution is 5.77. The number of aliphatic imine (C=N–C) groups is 1. The molecule has 1 aromatic rings. The standard InChI is InChI=1S/C10H8N4/c11-10-9-8(12-5-13-9)6-3-1-2-4-7(6)14-10/h1,3-5H,2H2,(H2,11,14). The van der Waals surface area contributed by atoms with Gasteiger partial charge in [-0.05, 0) is 6.42 Å². The average Bonchev–Trinajstić information content (AvgIpc) is 2.67. The molecular formula is C10H8N4. The first-order valence-electron chi connectivity index (χ1n) is 4.43. The van der Waals surface area contributed by atoms with Gasteiger partial charge in [0, 0.05) is 5.56 Å². The molecule has 0 saturated heterocycles. The van der Waals surface area contributed by atoms with Gasteiger partial charge in [-0.15, -0.1) is 0 Å². The molecule has 0 atom stereocenters. The van der Waals surface area contributed by atoms with Crippen LogP contribution in [0.3, 0.4) is 0 Å². The Labute approximate surface area is 80.2 Å². The summed E-state index contributed by atoms with van der Waals surface area (Å²) in [5.74, 6) is 0.461. The van der Waals surface area contributed by atoms with Crippen molar-refractivity contribution in [1.29, 1.82) is 0 Å². The third-order valence-corrected chi connectivity index (χ3v) is 2.34. The van der Waals surface area contributed by atoms with Gasteiger partial charge in [0.2, 0.25) is 0 Å². The van der Waals surface area contributed by atoms with Crippen molar-refractivity contribution >= 4 is 30.0 Å². The lowest BCUT2D eigenvalue weighted by molar-refractivity contribution is 1.18. The van der Waals surface area contributed by atoms with Gasteiger partial charge >= 0.3 is 0 Å². The van der Waals surface area contributed by atoms with E-state index < -0.39 is 0 Å². The molecular weight excluding hydrogens is 176 g/mol. The number of rotatable bonds is 0. The lowest BCUT2D eigenvalue weighted by Crippen LogP contribution is -2.23. The number of hydrogen-bond donors (Lipinski definition) is 1. The van der Waals surface area contributed by atoms with Crippen LogP contribution < -0.4 is 16.4 Å². The molecule has 1 aliphatic heterocycles. The Morgan fingerprint density at radius 2 is 2.29 bits per heavy atom. The van der Waals surface area contributed by atoms with Crippen molar-refractivity contribution in [2.45, 2.75) is 6.42 Å². The van der Waals surface area contributed by atoms with Gasteiger partial charge in [0.25, 0.3) is 0 Å². The fourth-order valence-electron chi connectivity index (χ4n) is 1.70. The maximum atomic E-state index is 5.77. The second kappa shape index (κ2) is 2.51. The first-order valence-corrected chi connectivity index (χ1v) is 4.43. The summed E-state index contributed by atoms with van der Waals surface area (Å²) in [6.07, 6.45) is 8.57. The van der Waals surface area contributed by atoms with Gasteiger partial charge in [0.1, 0.15) is 17.4 Å². The van der Waals surface area contributed by atoms with Crippen molar-refractivity contribution in [2.24, 2.45) is 9.98 Å². The van der Waals surface area contributed by atoms with Gasteiger partial charge < -0.3 is 5.73 Å². The quantitative estimate of drug-likeness (QED) is 0.624. The topological polar surface area (TPSA) is 63.6 Å². The van der Waals surface area contributed by atoms with Gasteiger partial charge in [0.05, 0.1) is 5.35 Å². The van der Waals surface area contributed by atoms with Crippen LogP contribution in [0.25, 0.3) is 12.2 Å². The smallest absolute Gasteiger partial charge is 0.152 e. The zero-order valence-corrected chi connectivity index (χ0v) is 7.44. The number of nitrogen functional groups attached to an aromatic ring is 1. The highest BCUT2D eigenvalue weighted by atomic mass is 15.0. The summed E-state index contributed by atoms with van der Waals surface area (Å²) in [6.45, 7) is 0. The molecule has 68 valence electrons. The molecule has 0 aromatic carbocycles. The number of anilines is 1. The molecule has 4 heteroatoms. The van der Waals surface area contributed by atoms with E-state index in [1.165, 1.54) is 6.34 Å². The van der Waals surface area contributed by atoms with Crippen molar-refractivity contribution in [2.75, 3.05) is 5.73 Å². The lowest BCUT2D eigenvalue weighted by atomic mass is 10.1. The van der Waals surface area contributed by atoms with Gasteiger partial charge in [-0.1, -0.05) is 18.2 Å². The Balaban J connectivity index is 2.53. The summed E-state index contributed by atoms with van der Waals surface area (Å²) < 4.78 is 0. The Morgan fingerprint density at radius 3 is 3.21 bits per heavy atom. The van der Waals surface area contributed by atoms with Gasteiger partial charge in [-0.25, -0.2) is 15.0 Å². The molecule has 0 saturated carbocycles. The number of hydrogen-bond acceptors (Lipinski definition) is 4. The Bertz CT molecular complexity index is 581. The predicted octanol–water partition coefficient (Wildman–Crippen LogP) is 0.154. The van der Waals surface area contributed by atoms with Crippen molar-refractivity contribution in [1.82, 2.24) is 4.98 Å². The van der Waals surface area contributed by atoms with Crippen molar-refractivity contribution in [3.05, 3.63) is 22.3 Å². The third kappa shape index (κ3) is 0.849. The van der Waals surface area contributed by atoms with Gasteiger partial charge in [-0.2, -0.15) is 0 Å². The molecule has 1 aromatic heterocycles. The number of aromatic nitrogens is 1. The van der Waals surface area contributed by atoms with Crippen molar-refractivity contribution in [3.63, 3.8) is 0 Å². The van der Waals surface area contributed by atoms with E-state index in [0.29, 0.717) is 11.2 Å². The van der Waals surface area contributed by atoms with Crippen LogP contribution in [0.1, 0.15) is 12.0 Å². The number of nitrogens with zero attached hydrogens (tertiary/aromatic N) is 3. The zero-order chi connectivity index (χ0) is 9.54. The highest BCUT2D eigenvalue weighted by Crippen LogP contribution is 2.17. The number of pyridine rings is 1. The number of nitrogens with two attached hydrogens (primary N) is 1. The minimum Gasteiger partial charge on any atom is -0.382 e. The fraction of sp³-hybridized carbons (Fsp3) is 0.100. The molecule has 0 amide bonds. The van der Waals surface area contributed by atoms with Crippen LogP contribution in [-0.2, 0) is 0 Å². The first-order chi connectivity index (χ1) is 6.86. The molecule has 3 rings (SSSR count). The SMILES string of the molecule is Nc1nc2c(c3c1=NC=N3)C=CCC=2. The molecule has 0 unspecified atom stereocenters. The Kier molecular flexibility index (Phi) is 1.33. The number of allylic oxidation sites excluding steroid dienone is 1. The van der Waals surface area contributed by atoms with E-state index in [0.717, 1.165) is 23.0 Å². The summed E-state index contributed by atoms with van der Waals surface area (Å²) in [5, 5.41) is 1.61. The van der Waals surface area contributed by atoms with E-state index in [9.17, 15) is 0 Å². The minimum absolute atomic E-state index is 0.461. The number of fused-ring (bicyclic) bond motifs is 3. The molecule has 4 nitrogen and oxygen atoms in total. The minimum atomic E-state index is 0.461. The van der Waals surface area contributed by atoms with Gasteiger partial charge in [-0.3, -0.25) is 0 Å². The van der Waals surface area contributed by atoms with E-state index in [1.54, 1.807) is 0 Å². The van der Waals surface area contributed by atoms with Crippen LogP contribution in [0, 0.1) is 0 Å². The van der Waals surface area contributed by atoms with Crippen LogP contribution in [-0.4, -0.2) is 11.3 Å². The van der Waals surface area contributed by atoms with Crippen LogP contribution in [0.15, 0.2) is 16.1 Å². The molecule has 0 fully saturated rings. The first kappa shape index (κ1) is 7.44. The average molecular weight is 184 g/mol. The molecule has 0 bridgehead atoms. The molecule has 2 aliphatic rings. The summed E-state index contributed by atoms with van der Waals surface area (Å²) in [7, 11) is 0. The monoisotopic (exact) mass is 184 g/mol. The zero-order valence-electron chi connectivity index (χ0n) is 7.44. The van der Waals surface area contributed by atoms with E-state index in [-0.39, 0.29) is 0 Å². The Morgan fingerprint density at radius 1 is 1.36 bits per heavy atom. The van der Waals surface area contributed by atoms with Gasteiger partial charge in [0.15, 0.2) is 5.82 Å². The second-order valence-corrected chi connectivity index (χ2v) is 3.21. The van der Waals surface area contributed by atoms with E-state index >= 15 is 0 Å². The lowest BCUT2D eigenvalue weighted by Gasteiger charge is -2.04. The second-order valence-electron chi connectivity index (χ2n) is 3.21. The molecule has 0 radical (unpaired) electrons. The van der Waals surface area contributed by atoms with Crippen LogP contribution in [0.4, 0.5) is 11.5 Å². The van der Waals surface area contributed by atoms with Crippen molar-refractivity contribution in [3.8, 4) is 0 Å². The van der Waals surface area contributed by atoms with E-state index in [2.05, 4.69) is 21.0 Å². The normalized spacial score (nSPS) is 15.7. The van der Waals surface area contributed by atoms with E-state index in [1.807, 2.05) is 12.2 Å². The molecule has 1 aliphatic carbocycles. The van der Waals surface area contributed by atoms with Crippen LogP contribution >= 0.6 is 0 Å². The summed E-state index contributed by atoms with van der Waals surface area (Å²) in [4.78, 5) is 12.6. The maximum Gasteiger partial charge on any atom is 0.152 e. The molecule has 14 heavy (non-hydrogen) atoms. The largest absolute Gasteiger partial charge is 0.382 e. The van der Waals surface area contributed by atoms with E-state index in [4.69, 9.17) is 5.73 Å². The van der Waals surface area contributed by atoms with Crippen molar-refractivity contribution < 1.29 is 0 Å². The molecule has 2 heterocycles. The van der Waals surface area contributed by atoms with Crippen LogP contribution in [0.2, 0.25) is 0 Å². The summed E-state index contributed by atoms with van der Waals surface area (Å²) in [5.41, 5.74) is 7.64. The maximum absolute atomic E-state index is 5.77. The highest BCUT2D eigenvalue weighted by Gasteiger charge is 2.12. The van der Waals surface area contributed by atoms with Crippen LogP contribution in [0.5, 0.6) is 0 Å².